The van der Waals surface area contributed by atoms with Gasteiger partial charge in [-0.1, -0.05) is 6.92 Å². The van der Waals surface area contributed by atoms with Gasteiger partial charge in [0.2, 0.25) is 0 Å². The number of halogens is 2. The van der Waals surface area contributed by atoms with Gasteiger partial charge in [0, 0.05) is 19.3 Å². The van der Waals surface area contributed by atoms with Crippen molar-refractivity contribution in [2.24, 2.45) is 5.92 Å². The topological polar surface area (TPSA) is 16.1 Å². The zero-order valence-corrected chi connectivity index (χ0v) is 11.9. The Hall–Kier alpha value is -0.0900. The van der Waals surface area contributed by atoms with Gasteiger partial charge in [0.15, 0.2) is 0 Å². The molecule has 4 heteroatoms. The molecule has 0 radical (unpaired) electrons. The molecule has 0 aliphatic carbocycles. The highest BCUT2D eigenvalue weighted by Crippen LogP contribution is 2.31. The Labute approximate surface area is 107 Å². The van der Waals surface area contributed by atoms with E-state index in [2.05, 4.69) is 54.7 Å². The van der Waals surface area contributed by atoms with Gasteiger partial charge in [0.05, 0.1) is 10.2 Å². The van der Waals surface area contributed by atoms with Crippen LogP contribution in [0.15, 0.2) is 21.3 Å². The van der Waals surface area contributed by atoms with Crippen LogP contribution in [0, 0.1) is 5.92 Å². The number of hydrogen-bond acceptors (Lipinski definition) is 2. The molecule has 1 fully saturated rings. The Morgan fingerprint density at radius 1 is 1.47 bits per heavy atom. The Bertz CT molecular complexity index is 354. The molecule has 15 heavy (non-hydrogen) atoms. The zero-order valence-electron chi connectivity index (χ0n) is 8.71. The first-order valence-electron chi connectivity index (χ1n) is 5.23. The van der Waals surface area contributed by atoms with Gasteiger partial charge in [-0.15, -0.1) is 0 Å². The van der Waals surface area contributed by atoms with Gasteiger partial charge in [0.1, 0.15) is 4.60 Å². The predicted molar refractivity (Wildman–Crippen MR) is 70.2 cm³/mol. The standard InChI is InChI=1S/C11H14Br2N2/c1-8-3-2-4-15(7-8)10-5-11(13)14-6-9(10)12/h5-6,8H,2-4,7H2,1H3. The second-order valence-corrected chi connectivity index (χ2v) is 5.82. The fourth-order valence-corrected chi connectivity index (χ4v) is 2.84. The van der Waals surface area contributed by atoms with Crippen LogP contribution in [0.2, 0.25) is 0 Å². The first-order valence-corrected chi connectivity index (χ1v) is 6.81. The van der Waals surface area contributed by atoms with Crippen molar-refractivity contribution in [3.8, 4) is 0 Å². The molecule has 82 valence electrons. The summed E-state index contributed by atoms with van der Waals surface area (Å²) in [7, 11) is 0. The molecule has 0 amide bonds. The molecule has 0 saturated carbocycles. The molecule has 0 bridgehead atoms. The van der Waals surface area contributed by atoms with E-state index in [1.165, 1.54) is 18.5 Å². The van der Waals surface area contributed by atoms with Crippen molar-refractivity contribution in [1.29, 1.82) is 0 Å². The van der Waals surface area contributed by atoms with E-state index in [1.54, 1.807) is 0 Å². The van der Waals surface area contributed by atoms with Gasteiger partial charge in [0.25, 0.3) is 0 Å². The number of hydrogen-bond donors (Lipinski definition) is 0. The predicted octanol–water partition coefficient (Wildman–Crippen LogP) is 3.84. The normalized spacial score (nSPS) is 21.8. The third-order valence-electron chi connectivity index (χ3n) is 2.80. The van der Waals surface area contributed by atoms with E-state index < -0.39 is 0 Å². The van der Waals surface area contributed by atoms with Crippen LogP contribution < -0.4 is 4.90 Å². The Morgan fingerprint density at radius 3 is 3.00 bits per heavy atom. The molecule has 1 aliphatic heterocycles. The highest BCUT2D eigenvalue weighted by molar-refractivity contribution is 9.11. The minimum absolute atomic E-state index is 0.789. The van der Waals surface area contributed by atoms with Gasteiger partial charge in [-0.25, -0.2) is 4.98 Å². The van der Waals surface area contributed by atoms with Gasteiger partial charge in [-0.3, -0.25) is 0 Å². The Morgan fingerprint density at radius 2 is 2.27 bits per heavy atom. The lowest BCUT2D eigenvalue weighted by Gasteiger charge is -2.33. The van der Waals surface area contributed by atoms with E-state index >= 15 is 0 Å². The van der Waals surface area contributed by atoms with Crippen LogP contribution in [0.5, 0.6) is 0 Å². The molecule has 2 nitrogen and oxygen atoms in total. The van der Waals surface area contributed by atoms with Gasteiger partial charge in [-0.05, 0) is 56.7 Å². The second kappa shape index (κ2) is 4.83. The maximum atomic E-state index is 4.20. The summed E-state index contributed by atoms with van der Waals surface area (Å²) >= 11 is 6.98. The number of pyridine rings is 1. The van der Waals surface area contributed by atoms with Crippen molar-refractivity contribution in [1.82, 2.24) is 4.98 Å². The van der Waals surface area contributed by atoms with E-state index in [0.29, 0.717) is 0 Å². The Kier molecular flexibility index (Phi) is 3.67. The van der Waals surface area contributed by atoms with Crippen molar-refractivity contribution in [2.45, 2.75) is 19.8 Å². The number of rotatable bonds is 1. The molecule has 2 rings (SSSR count). The number of anilines is 1. The Balaban J connectivity index is 2.24. The average molecular weight is 334 g/mol. The van der Waals surface area contributed by atoms with Gasteiger partial charge >= 0.3 is 0 Å². The van der Waals surface area contributed by atoms with Crippen LogP contribution in [-0.2, 0) is 0 Å². The summed E-state index contributed by atoms with van der Waals surface area (Å²) in [5, 5.41) is 0. The van der Waals surface area contributed by atoms with Crippen molar-refractivity contribution >= 4 is 37.5 Å². The smallest absolute Gasteiger partial charge is 0.108 e. The molecular weight excluding hydrogens is 320 g/mol. The molecule has 1 atom stereocenters. The highest BCUT2D eigenvalue weighted by Gasteiger charge is 2.18. The van der Waals surface area contributed by atoms with Crippen LogP contribution in [0.25, 0.3) is 0 Å². The quantitative estimate of drug-likeness (QED) is 0.726. The first-order chi connectivity index (χ1) is 7.16. The SMILES string of the molecule is CC1CCCN(c2cc(Br)ncc2Br)C1. The minimum atomic E-state index is 0.789. The molecule has 2 heterocycles. The zero-order chi connectivity index (χ0) is 10.8. The molecule has 1 aromatic rings. The fourth-order valence-electron chi connectivity index (χ4n) is 2.05. The van der Waals surface area contributed by atoms with Crippen LogP contribution in [0.4, 0.5) is 5.69 Å². The summed E-state index contributed by atoms with van der Waals surface area (Å²) < 4.78 is 1.98. The monoisotopic (exact) mass is 332 g/mol. The van der Waals surface area contributed by atoms with Gasteiger partial charge < -0.3 is 4.90 Å². The third-order valence-corrected chi connectivity index (χ3v) is 3.84. The maximum Gasteiger partial charge on any atom is 0.108 e. The van der Waals surface area contributed by atoms with Crippen LogP contribution in [0.3, 0.4) is 0 Å². The lowest BCUT2D eigenvalue weighted by molar-refractivity contribution is 0.446. The molecule has 1 aliphatic rings. The van der Waals surface area contributed by atoms with Crippen molar-refractivity contribution in [3.05, 3.63) is 21.3 Å². The summed E-state index contributed by atoms with van der Waals surface area (Å²) in [6.07, 6.45) is 4.49. The van der Waals surface area contributed by atoms with E-state index in [4.69, 9.17) is 0 Å². The van der Waals surface area contributed by atoms with Crippen molar-refractivity contribution in [2.75, 3.05) is 18.0 Å². The molecule has 1 unspecified atom stereocenters. The molecule has 0 spiro atoms. The number of nitrogens with zero attached hydrogens (tertiary/aromatic N) is 2. The summed E-state index contributed by atoms with van der Waals surface area (Å²) in [6.45, 7) is 4.62. The maximum absolute atomic E-state index is 4.20. The summed E-state index contributed by atoms with van der Waals surface area (Å²) in [4.78, 5) is 6.63. The number of aromatic nitrogens is 1. The highest BCUT2D eigenvalue weighted by atomic mass is 79.9. The molecule has 1 saturated heterocycles. The summed E-state index contributed by atoms with van der Waals surface area (Å²) in [5.41, 5.74) is 1.25. The summed E-state index contributed by atoms with van der Waals surface area (Å²) in [5.74, 6) is 0.789. The average Bonchev–Trinajstić information content (AvgIpc) is 2.22. The lowest BCUT2D eigenvalue weighted by Crippen LogP contribution is -2.34. The largest absolute Gasteiger partial charge is 0.370 e. The van der Waals surface area contributed by atoms with E-state index in [0.717, 1.165) is 28.1 Å². The van der Waals surface area contributed by atoms with E-state index in [-0.39, 0.29) is 0 Å². The van der Waals surface area contributed by atoms with Gasteiger partial charge in [-0.2, -0.15) is 0 Å². The first kappa shape index (κ1) is 11.4. The van der Waals surface area contributed by atoms with Crippen molar-refractivity contribution < 1.29 is 0 Å². The molecule has 0 aromatic carbocycles. The van der Waals surface area contributed by atoms with Crippen LogP contribution >= 0.6 is 31.9 Å². The lowest BCUT2D eigenvalue weighted by atomic mass is 10.00. The van der Waals surface area contributed by atoms with Crippen LogP contribution in [-0.4, -0.2) is 18.1 Å². The fraction of sp³-hybridized carbons (Fsp3) is 0.545. The van der Waals surface area contributed by atoms with E-state index in [1.807, 2.05) is 6.20 Å². The molecule has 1 aromatic heterocycles. The van der Waals surface area contributed by atoms with Crippen molar-refractivity contribution in [3.63, 3.8) is 0 Å². The molecular formula is C11H14Br2N2. The summed E-state index contributed by atoms with van der Waals surface area (Å²) in [6, 6.07) is 2.09. The van der Waals surface area contributed by atoms with Crippen LogP contribution in [0.1, 0.15) is 19.8 Å². The minimum Gasteiger partial charge on any atom is -0.370 e. The second-order valence-electron chi connectivity index (χ2n) is 4.15. The third kappa shape index (κ3) is 2.72. The number of piperidine rings is 1. The molecule has 0 N–H and O–H groups in total. The van der Waals surface area contributed by atoms with E-state index in [9.17, 15) is 0 Å².